The average Bonchev–Trinajstić information content (AvgIpc) is 2.25. The van der Waals surface area contributed by atoms with Crippen molar-refractivity contribution < 1.29 is 9.47 Å². The van der Waals surface area contributed by atoms with Crippen molar-refractivity contribution in [3.63, 3.8) is 0 Å². The van der Waals surface area contributed by atoms with Crippen molar-refractivity contribution in [1.29, 1.82) is 0 Å². The van der Waals surface area contributed by atoms with Crippen LogP contribution >= 0.6 is 0 Å². The van der Waals surface area contributed by atoms with E-state index in [9.17, 15) is 0 Å². The van der Waals surface area contributed by atoms with E-state index in [1.807, 2.05) is 52.0 Å². The van der Waals surface area contributed by atoms with Crippen LogP contribution in [-0.2, 0) is 0 Å². The van der Waals surface area contributed by atoms with Crippen LogP contribution in [0, 0.1) is 0 Å². The zero-order chi connectivity index (χ0) is 12.0. The number of hydrogen-bond donors (Lipinski definition) is 0. The van der Waals surface area contributed by atoms with Crippen LogP contribution in [0.1, 0.15) is 27.7 Å². The largest absolute Gasteiger partial charge is 0.465 e. The summed E-state index contributed by atoms with van der Waals surface area (Å²) in [6, 6.07) is 7.53. The fourth-order valence-corrected chi connectivity index (χ4v) is 0.969. The first-order valence-corrected chi connectivity index (χ1v) is 5.28. The lowest BCUT2D eigenvalue weighted by molar-refractivity contribution is 0.462. The number of allylic oxidation sites excluding steroid dienone is 2. The molecule has 0 radical (unpaired) electrons. The Labute approximate surface area is 97.2 Å². The van der Waals surface area contributed by atoms with Crippen LogP contribution in [0.4, 0.5) is 0 Å². The third-order valence-electron chi connectivity index (χ3n) is 1.69. The molecule has 0 bridgehead atoms. The van der Waals surface area contributed by atoms with Gasteiger partial charge in [-0.25, -0.2) is 0 Å². The summed E-state index contributed by atoms with van der Waals surface area (Å²) in [5.41, 5.74) is 2.26. The monoisotopic (exact) mass is 218 g/mol. The van der Waals surface area contributed by atoms with Crippen molar-refractivity contribution in [3.8, 4) is 11.5 Å². The molecule has 0 amide bonds. The molecule has 2 nitrogen and oxygen atoms in total. The Morgan fingerprint density at radius 2 is 1.06 bits per heavy atom. The Morgan fingerprint density at radius 1 is 0.750 bits per heavy atom. The fourth-order valence-electron chi connectivity index (χ4n) is 0.969. The Morgan fingerprint density at radius 3 is 1.31 bits per heavy atom. The molecule has 0 unspecified atom stereocenters. The normalized spacial score (nSPS) is 9.25. The predicted octanol–water partition coefficient (Wildman–Crippen LogP) is 4.29. The number of ether oxygens (including phenoxy) is 2. The Kier molecular flexibility index (Phi) is 4.65. The first-order chi connectivity index (χ1) is 7.58. The summed E-state index contributed by atoms with van der Waals surface area (Å²) in [5, 5.41) is 0. The van der Waals surface area contributed by atoms with Crippen molar-refractivity contribution in [2.24, 2.45) is 0 Å². The van der Waals surface area contributed by atoms with Gasteiger partial charge in [0.2, 0.25) is 0 Å². The maximum atomic E-state index is 5.41. The maximum Gasteiger partial charge on any atom is 0.126 e. The van der Waals surface area contributed by atoms with Gasteiger partial charge in [-0.2, -0.15) is 0 Å². The summed E-state index contributed by atoms with van der Waals surface area (Å²) >= 11 is 0. The smallest absolute Gasteiger partial charge is 0.126 e. The molecule has 1 rings (SSSR count). The number of hydrogen-bond acceptors (Lipinski definition) is 2. The molecule has 0 atom stereocenters. The van der Waals surface area contributed by atoms with Gasteiger partial charge in [0.25, 0.3) is 0 Å². The van der Waals surface area contributed by atoms with Crippen molar-refractivity contribution in [2.45, 2.75) is 27.7 Å². The summed E-state index contributed by atoms with van der Waals surface area (Å²) in [5.74, 6) is 1.62. The summed E-state index contributed by atoms with van der Waals surface area (Å²) in [6.45, 7) is 7.97. The van der Waals surface area contributed by atoms with Gasteiger partial charge < -0.3 is 9.47 Å². The summed E-state index contributed by atoms with van der Waals surface area (Å²) in [7, 11) is 0. The Balaban J connectivity index is 2.61. The first-order valence-electron chi connectivity index (χ1n) is 5.28. The quantitative estimate of drug-likeness (QED) is 0.702. The van der Waals surface area contributed by atoms with E-state index in [-0.39, 0.29) is 0 Å². The predicted molar refractivity (Wildman–Crippen MR) is 66.6 cm³/mol. The second-order valence-electron chi connectivity index (χ2n) is 4.10. The number of benzene rings is 1. The molecule has 0 saturated heterocycles. The molecule has 0 aromatic heterocycles. The lowest BCUT2D eigenvalue weighted by Crippen LogP contribution is -1.85. The highest BCUT2D eigenvalue weighted by Gasteiger charge is 1.94. The molecule has 86 valence electrons. The van der Waals surface area contributed by atoms with E-state index in [1.165, 1.54) is 0 Å². The average molecular weight is 218 g/mol. The molecule has 0 saturated carbocycles. The molecular formula is C14H18O2. The second-order valence-corrected chi connectivity index (χ2v) is 4.10. The van der Waals surface area contributed by atoms with Crippen LogP contribution < -0.4 is 9.47 Å². The molecule has 2 heteroatoms. The molecule has 0 heterocycles. The van der Waals surface area contributed by atoms with Gasteiger partial charge in [0, 0.05) is 0 Å². The van der Waals surface area contributed by atoms with E-state index < -0.39 is 0 Å². The van der Waals surface area contributed by atoms with Gasteiger partial charge in [0.15, 0.2) is 0 Å². The van der Waals surface area contributed by atoms with Gasteiger partial charge in [-0.1, -0.05) is 0 Å². The lowest BCUT2D eigenvalue weighted by Gasteiger charge is -2.03. The third kappa shape index (κ3) is 4.69. The van der Waals surface area contributed by atoms with Crippen LogP contribution in [0.2, 0.25) is 0 Å². The summed E-state index contributed by atoms with van der Waals surface area (Å²) in [4.78, 5) is 0. The van der Waals surface area contributed by atoms with Gasteiger partial charge in [0.1, 0.15) is 11.5 Å². The van der Waals surface area contributed by atoms with E-state index in [0.717, 1.165) is 22.6 Å². The van der Waals surface area contributed by atoms with Crippen molar-refractivity contribution in [3.05, 3.63) is 47.9 Å². The highest BCUT2D eigenvalue weighted by Crippen LogP contribution is 2.18. The molecule has 0 spiro atoms. The fraction of sp³-hybridized carbons (Fsp3) is 0.286. The van der Waals surface area contributed by atoms with Gasteiger partial charge >= 0.3 is 0 Å². The van der Waals surface area contributed by atoms with Gasteiger partial charge in [0.05, 0.1) is 12.5 Å². The molecule has 1 aromatic rings. The topological polar surface area (TPSA) is 18.5 Å². The highest BCUT2D eigenvalue weighted by atomic mass is 16.5. The Hall–Kier alpha value is -1.70. The minimum Gasteiger partial charge on any atom is -0.465 e. The summed E-state index contributed by atoms with van der Waals surface area (Å²) < 4.78 is 10.8. The van der Waals surface area contributed by atoms with Crippen molar-refractivity contribution in [1.82, 2.24) is 0 Å². The van der Waals surface area contributed by atoms with Gasteiger partial charge in [-0.05, 0) is 63.1 Å². The zero-order valence-corrected chi connectivity index (χ0v) is 10.3. The van der Waals surface area contributed by atoms with Crippen LogP contribution in [0.3, 0.4) is 0 Å². The third-order valence-corrected chi connectivity index (χ3v) is 1.69. The molecule has 16 heavy (non-hydrogen) atoms. The molecule has 1 aromatic carbocycles. The van der Waals surface area contributed by atoms with Crippen LogP contribution in [0.5, 0.6) is 11.5 Å². The zero-order valence-electron chi connectivity index (χ0n) is 10.3. The van der Waals surface area contributed by atoms with E-state index in [4.69, 9.17) is 9.47 Å². The van der Waals surface area contributed by atoms with Gasteiger partial charge in [-0.15, -0.1) is 0 Å². The van der Waals surface area contributed by atoms with E-state index in [1.54, 1.807) is 12.5 Å². The molecular weight excluding hydrogens is 200 g/mol. The molecule has 0 fully saturated rings. The van der Waals surface area contributed by atoms with Crippen LogP contribution in [-0.4, -0.2) is 0 Å². The minimum absolute atomic E-state index is 0.811. The van der Waals surface area contributed by atoms with Crippen molar-refractivity contribution >= 4 is 0 Å². The highest BCUT2D eigenvalue weighted by molar-refractivity contribution is 5.32. The van der Waals surface area contributed by atoms with Crippen LogP contribution in [0.15, 0.2) is 47.9 Å². The minimum atomic E-state index is 0.811. The van der Waals surface area contributed by atoms with Crippen molar-refractivity contribution in [2.75, 3.05) is 0 Å². The van der Waals surface area contributed by atoms with Crippen LogP contribution in [0.25, 0.3) is 0 Å². The maximum absolute atomic E-state index is 5.41. The first kappa shape index (κ1) is 12.4. The van der Waals surface area contributed by atoms with E-state index in [0.29, 0.717) is 0 Å². The SMILES string of the molecule is CC(C)=COc1ccc(OC=C(C)C)cc1. The molecule has 0 aliphatic rings. The summed E-state index contributed by atoms with van der Waals surface area (Å²) in [6.07, 6.45) is 3.46. The standard InChI is InChI=1S/C14H18O2/c1-11(2)9-15-13-5-7-14(8-6-13)16-10-12(3)4/h5-10H,1-4H3. The van der Waals surface area contributed by atoms with E-state index in [2.05, 4.69) is 0 Å². The van der Waals surface area contributed by atoms with E-state index >= 15 is 0 Å². The number of rotatable bonds is 4. The van der Waals surface area contributed by atoms with Gasteiger partial charge in [-0.3, -0.25) is 0 Å². The Bertz CT molecular complexity index is 339. The molecule has 0 aliphatic carbocycles. The molecule has 0 aliphatic heterocycles. The second kappa shape index (κ2) is 6.01. The molecule has 0 N–H and O–H groups in total. The lowest BCUT2D eigenvalue weighted by atomic mass is 10.3.